The van der Waals surface area contributed by atoms with Gasteiger partial charge in [-0.05, 0) is 48.5 Å². The number of amides is 4. The predicted molar refractivity (Wildman–Crippen MR) is 112 cm³/mol. The fourth-order valence-corrected chi connectivity index (χ4v) is 4.11. The summed E-state index contributed by atoms with van der Waals surface area (Å²) in [6.45, 7) is 1.42. The average Bonchev–Trinajstić information content (AvgIpc) is 3.01. The van der Waals surface area contributed by atoms with Crippen molar-refractivity contribution in [2.24, 2.45) is 0 Å². The van der Waals surface area contributed by atoms with Crippen LogP contribution < -0.4 is 20.3 Å². The van der Waals surface area contributed by atoms with Gasteiger partial charge in [0, 0.05) is 36.3 Å². The highest BCUT2D eigenvalue weighted by atomic mass is 35.5. The molecular formula is C19H19ClN4O5S. The van der Waals surface area contributed by atoms with Crippen LogP contribution in [0.2, 0.25) is 5.02 Å². The van der Waals surface area contributed by atoms with Crippen molar-refractivity contribution in [3.05, 3.63) is 53.6 Å². The van der Waals surface area contributed by atoms with Crippen LogP contribution in [0.4, 0.5) is 16.2 Å². The molecule has 1 fully saturated rings. The quantitative estimate of drug-likeness (QED) is 0.643. The van der Waals surface area contributed by atoms with E-state index in [0.29, 0.717) is 22.9 Å². The number of sulfonamides is 1. The molecule has 1 aliphatic rings. The molecule has 1 saturated heterocycles. The molecular weight excluding hydrogens is 432 g/mol. The Balaban J connectivity index is 1.57. The van der Waals surface area contributed by atoms with Crippen molar-refractivity contribution in [1.29, 1.82) is 0 Å². The Kier molecular flexibility index (Phi) is 6.28. The third-order valence-corrected chi connectivity index (χ3v) is 6.00. The van der Waals surface area contributed by atoms with Gasteiger partial charge in [-0.1, -0.05) is 11.6 Å². The smallest absolute Gasteiger partial charge is 0.319 e. The Morgan fingerprint density at radius 1 is 1.07 bits per heavy atom. The minimum Gasteiger partial charge on any atom is -0.333 e. The van der Waals surface area contributed by atoms with Crippen molar-refractivity contribution in [2.75, 3.05) is 16.8 Å². The fourth-order valence-electron chi connectivity index (χ4n) is 2.99. The Morgan fingerprint density at radius 2 is 1.70 bits per heavy atom. The SMILES string of the molecule is CC(=O)NS(=O)(=O)c1ccc(NC(=O)NC2CC(=O)N(c3ccc(Cl)cc3)C2)cc1. The van der Waals surface area contributed by atoms with Crippen LogP contribution in [0.3, 0.4) is 0 Å². The van der Waals surface area contributed by atoms with E-state index >= 15 is 0 Å². The molecule has 0 bridgehead atoms. The van der Waals surface area contributed by atoms with Crippen molar-refractivity contribution in [3.8, 4) is 0 Å². The minimum atomic E-state index is -3.94. The highest BCUT2D eigenvalue weighted by molar-refractivity contribution is 7.90. The number of carbonyl (C=O) groups excluding carboxylic acids is 3. The van der Waals surface area contributed by atoms with Gasteiger partial charge in [-0.2, -0.15) is 0 Å². The summed E-state index contributed by atoms with van der Waals surface area (Å²) in [4.78, 5) is 36.9. The summed E-state index contributed by atoms with van der Waals surface area (Å²) < 4.78 is 25.7. The second kappa shape index (κ2) is 8.72. The molecule has 2 aromatic rings. The van der Waals surface area contributed by atoms with Crippen molar-refractivity contribution in [3.63, 3.8) is 0 Å². The van der Waals surface area contributed by atoms with E-state index < -0.39 is 22.0 Å². The van der Waals surface area contributed by atoms with Gasteiger partial charge in [0.2, 0.25) is 11.8 Å². The van der Waals surface area contributed by atoms with E-state index in [1.54, 1.807) is 29.2 Å². The molecule has 3 N–H and O–H groups in total. The van der Waals surface area contributed by atoms with Crippen LogP contribution in [0, 0.1) is 0 Å². The van der Waals surface area contributed by atoms with E-state index in [9.17, 15) is 22.8 Å². The Morgan fingerprint density at radius 3 is 2.30 bits per heavy atom. The van der Waals surface area contributed by atoms with Crippen LogP contribution in [-0.4, -0.2) is 38.8 Å². The molecule has 0 aliphatic carbocycles. The van der Waals surface area contributed by atoms with Crippen LogP contribution in [0.1, 0.15) is 13.3 Å². The molecule has 1 unspecified atom stereocenters. The van der Waals surface area contributed by atoms with Crippen molar-refractivity contribution >= 4 is 50.8 Å². The van der Waals surface area contributed by atoms with E-state index in [0.717, 1.165) is 6.92 Å². The first-order valence-corrected chi connectivity index (χ1v) is 10.8. The Bertz CT molecular complexity index is 1070. The number of benzene rings is 2. The number of anilines is 2. The zero-order chi connectivity index (χ0) is 21.9. The number of hydrogen-bond acceptors (Lipinski definition) is 5. The summed E-state index contributed by atoms with van der Waals surface area (Å²) in [6, 6.07) is 11.3. The van der Waals surface area contributed by atoms with Gasteiger partial charge in [0.1, 0.15) is 0 Å². The summed E-state index contributed by atoms with van der Waals surface area (Å²) in [7, 11) is -3.94. The summed E-state index contributed by atoms with van der Waals surface area (Å²) in [5.74, 6) is -0.814. The van der Waals surface area contributed by atoms with Gasteiger partial charge in [-0.15, -0.1) is 0 Å². The van der Waals surface area contributed by atoms with Crippen molar-refractivity contribution < 1.29 is 22.8 Å². The number of hydrogen-bond donors (Lipinski definition) is 3. The van der Waals surface area contributed by atoms with E-state index in [1.807, 2.05) is 4.72 Å². The number of halogens is 1. The first-order chi connectivity index (χ1) is 14.1. The second-order valence-corrected chi connectivity index (χ2v) is 8.79. The first-order valence-electron chi connectivity index (χ1n) is 8.91. The largest absolute Gasteiger partial charge is 0.333 e. The predicted octanol–water partition coefficient (Wildman–Crippen LogP) is 2.09. The van der Waals surface area contributed by atoms with Gasteiger partial charge in [0.15, 0.2) is 0 Å². The molecule has 158 valence electrons. The second-order valence-electron chi connectivity index (χ2n) is 6.67. The Labute approximate surface area is 178 Å². The van der Waals surface area contributed by atoms with E-state index in [1.165, 1.54) is 24.3 Å². The number of urea groups is 1. The first kappa shape index (κ1) is 21.6. The van der Waals surface area contributed by atoms with Gasteiger partial charge in [-0.3, -0.25) is 9.59 Å². The molecule has 11 heteroatoms. The lowest BCUT2D eigenvalue weighted by molar-refractivity contribution is -0.118. The molecule has 1 atom stereocenters. The van der Waals surface area contributed by atoms with Gasteiger partial charge >= 0.3 is 6.03 Å². The van der Waals surface area contributed by atoms with Crippen LogP contribution in [0.25, 0.3) is 0 Å². The molecule has 2 aromatic carbocycles. The summed E-state index contributed by atoms with van der Waals surface area (Å²) >= 11 is 5.87. The van der Waals surface area contributed by atoms with Gasteiger partial charge in [0.25, 0.3) is 10.0 Å². The highest BCUT2D eigenvalue weighted by Gasteiger charge is 2.31. The van der Waals surface area contributed by atoms with Crippen molar-refractivity contribution in [1.82, 2.24) is 10.0 Å². The highest BCUT2D eigenvalue weighted by Crippen LogP contribution is 2.23. The van der Waals surface area contributed by atoms with Gasteiger partial charge in [-0.25, -0.2) is 17.9 Å². The zero-order valence-corrected chi connectivity index (χ0v) is 17.5. The maximum Gasteiger partial charge on any atom is 0.319 e. The molecule has 4 amide bonds. The topological polar surface area (TPSA) is 125 Å². The van der Waals surface area contributed by atoms with Gasteiger partial charge < -0.3 is 15.5 Å². The number of rotatable bonds is 5. The maximum absolute atomic E-state index is 12.3. The molecule has 0 radical (unpaired) electrons. The van der Waals surface area contributed by atoms with E-state index in [4.69, 9.17) is 11.6 Å². The van der Waals surface area contributed by atoms with Crippen molar-refractivity contribution in [2.45, 2.75) is 24.3 Å². The van der Waals surface area contributed by atoms with E-state index in [-0.39, 0.29) is 23.3 Å². The van der Waals surface area contributed by atoms with Gasteiger partial charge in [0.05, 0.1) is 10.9 Å². The molecule has 0 spiro atoms. The number of carbonyl (C=O) groups is 3. The average molecular weight is 451 g/mol. The molecule has 9 nitrogen and oxygen atoms in total. The number of nitrogens with zero attached hydrogens (tertiary/aromatic N) is 1. The summed E-state index contributed by atoms with van der Waals surface area (Å²) in [6.07, 6.45) is 0.157. The summed E-state index contributed by atoms with van der Waals surface area (Å²) in [5, 5.41) is 5.88. The molecule has 1 heterocycles. The monoisotopic (exact) mass is 450 g/mol. The molecule has 0 aromatic heterocycles. The van der Waals surface area contributed by atoms with Crippen LogP contribution in [-0.2, 0) is 19.6 Å². The van der Waals surface area contributed by atoms with Crippen LogP contribution >= 0.6 is 11.6 Å². The molecule has 3 rings (SSSR count). The van der Waals surface area contributed by atoms with Crippen LogP contribution in [0.5, 0.6) is 0 Å². The minimum absolute atomic E-state index is 0.108. The number of nitrogens with one attached hydrogen (secondary N) is 3. The van der Waals surface area contributed by atoms with E-state index in [2.05, 4.69) is 10.6 Å². The molecule has 30 heavy (non-hydrogen) atoms. The lowest BCUT2D eigenvalue weighted by Gasteiger charge is -2.17. The van der Waals surface area contributed by atoms with Crippen LogP contribution in [0.15, 0.2) is 53.4 Å². The summed E-state index contributed by atoms with van der Waals surface area (Å²) in [5.41, 5.74) is 1.05. The zero-order valence-electron chi connectivity index (χ0n) is 15.9. The molecule has 0 saturated carbocycles. The standard InChI is InChI=1S/C19H19ClN4O5S/c1-12(25)23-30(28,29)17-8-4-14(5-9-17)21-19(27)22-15-10-18(26)24(11-15)16-6-2-13(20)3-7-16/h2-9,15H,10-11H2,1H3,(H,23,25)(H2,21,22,27). The normalized spacial score (nSPS) is 16.3. The maximum atomic E-state index is 12.3. The Hall–Kier alpha value is -3.11. The lowest BCUT2D eigenvalue weighted by atomic mass is 10.2. The third kappa shape index (κ3) is 5.28. The fraction of sp³-hybridized carbons (Fsp3) is 0.211. The molecule has 1 aliphatic heterocycles. The lowest BCUT2D eigenvalue weighted by Crippen LogP contribution is -2.39. The third-order valence-electron chi connectivity index (χ3n) is 4.30.